The Bertz CT molecular complexity index is 1310. The van der Waals surface area contributed by atoms with E-state index >= 15 is 0 Å². The second-order valence-electron chi connectivity index (χ2n) is 16.6. The Morgan fingerprint density at radius 1 is 0.453 bits per heavy atom. The van der Waals surface area contributed by atoms with Crippen molar-refractivity contribution in [3.63, 3.8) is 0 Å². The molecule has 0 fully saturated rings. The maximum atomic E-state index is 12.8. The van der Waals surface area contributed by atoms with Crippen molar-refractivity contribution in [2.75, 3.05) is 26.4 Å². The molecule has 0 aliphatic carbocycles. The molecule has 0 radical (unpaired) electrons. The molecule has 0 saturated carbocycles. The van der Waals surface area contributed by atoms with Crippen molar-refractivity contribution in [2.24, 2.45) is 0 Å². The van der Waals surface area contributed by atoms with Crippen molar-refractivity contribution < 1.29 is 52.2 Å². The van der Waals surface area contributed by atoms with E-state index in [4.69, 9.17) is 23.3 Å². The van der Waals surface area contributed by atoms with Gasteiger partial charge in [-0.3, -0.25) is 23.4 Å². The van der Waals surface area contributed by atoms with Crippen molar-refractivity contribution >= 4 is 25.7 Å². The molecule has 12 heteroatoms. The lowest BCUT2D eigenvalue weighted by Crippen LogP contribution is -2.30. The van der Waals surface area contributed by atoms with Crippen molar-refractivity contribution in [1.29, 1.82) is 0 Å². The Labute approximate surface area is 389 Å². The molecule has 3 atom stereocenters. The van der Waals surface area contributed by atoms with Crippen molar-refractivity contribution in [1.82, 2.24) is 0 Å². The SMILES string of the molecule is CC/C=C\C/C=C\C/C=C\C/C=C\C/C=C\CC(=O)OCC(COP(=O)(O)OCC(CO)OC(=O)CCCCCCCCCCC)OC(=O)CCCCCCCCCCCCCCC. The molecule has 370 valence electrons. The molecule has 0 aliphatic rings. The van der Waals surface area contributed by atoms with Gasteiger partial charge in [-0.1, -0.05) is 210 Å². The first kappa shape index (κ1) is 61.2. The monoisotopic (exact) mass is 923 g/mol. The molecule has 0 aromatic heterocycles. The van der Waals surface area contributed by atoms with Gasteiger partial charge in [0.15, 0.2) is 6.10 Å². The van der Waals surface area contributed by atoms with Crippen molar-refractivity contribution in [3.05, 3.63) is 60.8 Å². The zero-order valence-electron chi connectivity index (χ0n) is 40.5. The third kappa shape index (κ3) is 44.4. The van der Waals surface area contributed by atoms with E-state index in [1.54, 1.807) is 6.08 Å². The van der Waals surface area contributed by atoms with E-state index in [-0.39, 0.29) is 25.9 Å². The van der Waals surface area contributed by atoms with Gasteiger partial charge in [0.25, 0.3) is 0 Å². The van der Waals surface area contributed by atoms with Crippen LogP contribution < -0.4 is 0 Å². The average Bonchev–Trinajstić information content (AvgIpc) is 3.28. The predicted octanol–water partition coefficient (Wildman–Crippen LogP) is 14.0. The van der Waals surface area contributed by atoms with Crippen LogP contribution in [0, 0.1) is 0 Å². The number of allylic oxidation sites excluding steroid dienone is 9. The van der Waals surface area contributed by atoms with Crippen LogP contribution in [0.5, 0.6) is 0 Å². The van der Waals surface area contributed by atoms with Gasteiger partial charge in [0.1, 0.15) is 12.7 Å². The van der Waals surface area contributed by atoms with Crippen LogP contribution in [0.25, 0.3) is 0 Å². The Kier molecular flexibility index (Phi) is 44.6. The molecule has 0 amide bonds. The van der Waals surface area contributed by atoms with Gasteiger partial charge >= 0.3 is 25.7 Å². The summed E-state index contributed by atoms with van der Waals surface area (Å²) in [6.45, 7) is 4.38. The summed E-state index contributed by atoms with van der Waals surface area (Å²) >= 11 is 0. The van der Waals surface area contributed by atoms with Gasteiger partial charge in [-0.25, -0.2) is 4.57 Å². The highest BCUT2D eigenvalue weighted by atomic mass is 31.2. The summed E-state index contributed by atoms with van der Waals surface area (Å²) in [4.78, 5) is 48.1. The van der Waals surface area contributed by atoms with Gasteiger partial charge in [0.2, 0.25) is 0 Å². The van der Waals surface area contributed by atoms with E-state index in [1.807, 2.05) is 12.2 Å². The quantitative estimate of drug-likeness (QED) is 0.0197. The lowest BCUT2D eigenvalue weighted by atomic mass is 10.0. The zero-order valence-corrected chi connectivity index (χ0v) is 41.4. The summed E-state index contributed by atoms with van der Waals surface area (Å²) in [6, 6.07) is 0. The predicted molar refractivity (Wildman–Crippen MR) is 261 cm³/mol. The summed E-state index contributed by atoms with van der Waals surface area (Å²) in [5.74, 6) is -1.61. The highest BCUT2D eigenvalue weighted by Gasteiger charge is 2.28. The molecule has 0 rings (SSSR count). The average molecular weight is 923 g/mol. The van der Waals surface area contributed by atoms with Crippen LogP contribution in [-0.4, -0.2) is 66.5 Å². The fraction of sp³-hybridized carbons (Fsp3) is 0.750. The summed E-state index contributed by atoms with van der Waals surface area (Å²) in [5.41, 5.74) is 0. The van der Waals surface area contributed by atoms with Gasteiger partial charge in [-0.05, 0) is 44.9 Å². The van der Waals surface area contributed by atoms with Gasteiger partial charge in [-0.2, -0.15) is 0 Å². The molecule has 0 bridgehead atoms. The second kappa shape index (κ2) is 46.7. The molecule has 2 N–H and O–H groups in total. The number of rotatable bonds is 46. The van der Waals surface area contributed by atoms with E-state index in [2.05, 4.69) is 63.3 Å². The molecule has 0 aromatic carbocycles. The lowest BCUT2D eigenvalue weighted by Gasteiger charge is -2.21. The van der Waals surface area contributed by atoms with E-state index in [0.29, 0.717) is 19.3 Å². The second-order valence-corrected chi connectivity index (χ2v) is 18.1. The first-order chi connectivity index (χ1) is 31.2. The number of carbonyl (C=O) groups is 3. The smallest absolute Gasteiger partial charge is 0.461 e. The van der Waals surface area contributed by atoms with Gasteiger partial charge < -0.3 is 24.2 Å². The summed E-state index contributed by atoms with van der Waals surface area (Å²) in [6.07, 6.45) is 48.0. The lowest BCUT2D eigenvalue weighted by molar-refractivity contribution is -0.161. The maximum Gasteiger partial charge on any atom is 0.472 e. The van der Waals surface area contributed by atoms with Gasteiger partial charge in [0.05, 0.1) is 26.2 Å². The molecule has 64 heavy (non-hydrogen) atoms. The van der Waals surface area contributed by atoms with Crippen LogP contribution in [0.1, 0.15) is 213 Å². The number of ether oxygens (including phenoxy) is 3. The molecular formula is C52H91O11P. The maximum absolute atomic E-state index is 12.8. The van der Waals surface area contributed by atoms with Gasteiger partial charge in [-0.15, -0.1) is 0 Å². The number of aliphatic hydroxyl groups excluding tert-OH is 1. The molecule has 3 unspecified atom stereocenters. The zero-order chi connectivity index (χ0) is 47.0. The fourth-order valence-electron chi connectivity index (χ4n) is 6.66. The van der Waals surface area contributed by atoms with Crippen molar-refractivity contribution in [2.45, 2.75) is 226 Å². The Hall–Kier alpha value is -2.82. The Balaban J connectivity index is 4.86. The topological polar surface area (TPSA) is 155 Å². The molecule has 0 heterocycles. The molecule has 0 aromatic rings. The minimum absolute atomic E-state index is 0.00397. The van der Waals surface area contributed by atoms with Crippen LogP contribution in [0.15, 0.2) is 60.8 Å². The van der Waals surface area contributed by atoms with E-state index < -0.39 is 57.8 Å². The van der Waals surface area contributed by atoms with Crippen LogP contribution in [0.4, 0.5) is 0 Å². The first-order valence-electron chi connectivity index (χ1n) is 25.2. The number of unbranched alkanes of at least 4 members (excludes halogenated alkanes) is 20. The molecular weight excluding hydrogens is 832 g/mol. The number of carbonyl (C=O) groups excluding carboxylic acids is 3. The highest BCUT2D eigenvalue weighted by molar-refractivity contribution is 7.47. The number of hydrogen-bond acceptors (Lipinski definition) is 10. The number of phosphoric ester groups is 1. The number of aliphatic hydroxyl groups is 1. The standard InChI is InChI=1S/C52H91O11P/c1-4-7-10-13-16-19-21-23-24-26-27-30-32-35-38-41-50(54)59-45-49(63-52(56)43-40-37-34-31-28-25-22-20-17-14-11-8-5-2)47-61-64(57,58)60-46-48(44-53)62-51(55)42-39-36-33-29-18-15-12-9-6-3/h7,10,16,19,23-24,27,30,35,38,48-49,53H,4-6,8-9,11-15,17-18,20-22,25-26,28-29,31-34,36-37,39-47H2,1-3H3,(H,57,58)/b10-7-,19-16-,24-23-,30-27-,38-35-. The fourth-order valence-corrected chi connectivity index (χ4v) is 7.45. The number of esters is 3. The summed E-state index contributed by atoms with van der Waals surface area (Å²) < 4.78 is 39.1. The molecule has 0 saturated heterocycles. The number of phosphoric acid groups is 1. The highest BCUT2D eigenvalue weighted by Crippen LogP contribution is 2.43. The minimum atomic E-state index is -4.75. The first-order valence-corrected chi connectivity index (χ1v) is 26.7. The van der Waals surface area contributed by atoms with Crippen LogP contribution in [0.3, 0.4) is 0 Å². The Morgan fingerprint density at radius 3 is 1.19 bits per heavy atom. The largest absolute Gasteiger partial charge is 0.472 e. The molecule has 11 nitrogen and oxygen atoms in total. The number of hydrogen-bond donors (Lipinski definition) is 2. The van der Waals surface area contributed by atoms with Crippen LogP contribution in [-0.2, 0) is 42.2 Å². The van der Waals surface area contributed by atoms with E-state index in [1.165, 1.54) is 89.9 Å². The normalized spacial score (nSPS) is 14.0. The third-order valence-corrected chi connectivity index (χ3v) is 11.4. The van der Waals surface area contributed by atoms with E-state index in [9.17, 15) is 28.9 Å². The Morgan fingerprint density at radius 2 is 0.797 bits per heavy atom. The molecule has 0 spiro atoms. The van der Waals surface area contributed by atoms with Crippen LogP contribution >= 0.6 is 7.82 Å². The van der Waals surface area contributed by atoms with Crippen molar-refractivity contribution in [3.8, 4) is 0 Å². The third-order valence-electron chi connectivity index (χ3n) is 10.5. The van der Waals surface area contributed by atoms with E-state index in [0.717, 1.165) is 64.2 Å². The minimum Gasteiger partial charge on any atom is -0.461 e. The molecule has 0 aliphatic heterocycles. The van der Waals surface area contributed by atoms with Gasteiger partial charge in [0, 0.05) is 12.8 Å². The van der Waals surface area contributed by atoms with Crippen LogP contribution in [0.2, 0.25) is 0 Å². The summed E-state index contributed by atoms with van der Waals surface area (Å²) in [7, 11) is -4.75. The summed E-state index contributed by atoms with van der Waals surface area (Å²) in [5, 5.41) is 9.73.